The van der Waals surface area contributed by atoms with Gasteiger partial charge in [-0.25, -0.2) is 0 Å². The van der Waals surface area contributed by atoms with Crippen molar-refractivity contribution in [3.63, 3.8) is 0 Å². The number of rotatable bonds is 1. The zero-order chi connectivity index (χ0) is 12.9. The SMILES string of the molecule is Cc1ccc2c(c1)oc1c([N+](=O)[O-])cc(Cl)cc12. The van der Waals surface area contributed by atoms with E-state index >= 15 is 0 Å². The highest BCUT2D eigenvalue weighted by atomic mass is 35.5. The molecule has 3 aromatic rings. The minimum absolute atomic E-state index is 0.105. The molecule has 2 aromatic carbocycles. The fraction of sp³-hybridized carbons (Fsp3) is 0.0769. The van der Waals surface area contributed by atoms with Crippen molar-refractivity contribution >= 4 is 39.2 Å². The summed E-state index contributed by atoms with van der Waals surface area (Å²) in [6, 6.07) is 8.66. The van der Waals surface area contributed by atoms with Gasteiger partial charge in [-0.1, -0.05) is 23.7 Å². The molecule has 0 fully saturated rings. The standard InChI is InChI=1S/C13H8ClNO3/c1-7-2-3-9-10-5-8(14)6-11(15(16)17)13(10)18-12(9)4-7/h2-6H,1H3. The van der Waals surface area contributed by atoms with Crippen LogP contribution in [-0.4, -0.2) is 4.92 Å². The minimum atomic E-state index is -0.483. The molecule has 0 aliphatic heterocycles. The van der Waals surface area contributed by atoms with Crippen LogP contribution in [0.4, 0.5) is 5.69 Å². The van der Waals surface area contributed by atoms with E-state index in [9.17, 15) is 10.1 Å². The average molecular weight is 262 g/mol. The number of hydrogen-bond donors (Lipinski definition) is 0. The number of nitrogens with zero attached hydrogens (tertiary/aromatic N) is 1. The van der Waals surface area contributed by atoms with E-state index in [1.165, 1.54) is 6.07 Å². The van der Waals surface area contributed by atoms with Gasteiger partial charge < -0.3 is 4.42 Å². The summed E-state index contributed by atoms with van der Waals surface area (Å²) in [7, 11) is 0. The summed E-state index contributed by atoms with van der Waals surface area (Å²) < 4.78 is 5.58. The third-order valence-corrected chi connectivity index (χ3v) is 3.09. The van der Waals surface area contributed by atoms with Gasteiger partial charge in [-0.05, 0) is 24.6 Å². The molecule has 4 nitrogen and oxygen atoms in total. The number of benzene rings is 2. The second-order valence-electron chi connectivity index (χ2n) is 4.16. The summed E-state index contributed by atoms with van der Waals surface area (Å²) in [5.74, 6) is 0. The highest BCUT2D eigenvalue weighted by molar-refractivity contribution is 6.32. The molecule has 0 bridgehead atoms. The van der Waals surface area contributed by atoms with Crippen LogP contribution >= 0.6 is 11.6 Å². The molecular formula is C13H8ClNO3. The highest BCUT2D eigenvalue weighted by Gasteiger charge is 2.19. The molecule has 0 N–H and O–H groups in total. The van der Waals surface area contributed by atoms with Crippen LogP contribution in [0.3, 0.4) is 0 Å². The molecule has 90 valence electrons. The molecule has 0 aliphatic carbocycles. The predicted molar refractivity (Wildman–Crippen MR) is 70.1 cm³/mol. The van der Waals surface area contributed by atoms with E-state index in [0.717, 1.165) is 10.9 Å². The zero-order valence-corrected chi connectivity index (χ0v) is 10.2. The fourth-order valence-electron chi connectivity index (χ4n) is 2.07. The van der Waals surface area contributed by atoms with Crippen LogP contribution in [0.2, 0.25) is 5.02 Å². The molecule has 1 heterocycles. The lowest BCUT2D eigenvalue weighted by Gasteiger charge is -1.94. The summed E-state index contributed by atoms with van der Waals surface area (Å²) in [6.45, 7) is 1.94. The van der Waals surface area contributed by atoms with Crippen molar-refractivity contribution in [3.05, 3.63) is 51.0 Å². The molecule has 1 aromatic heterocycles. The Labute approximate surface area is 107 Å². The first-order valence-electron chi connectivity index (χ1n) is 5.33. The number of halogens is 1. The van der Waals surface area contributed by atoms with Gasteiger partial charge in [-0.2, -0.15) is 0 Å². The number of fused-ring (bicyclic) bond motifs is 3. The number of non-ortho nitro benzene ring substituents is 1. The number of nitro benzene ring substituents is 1. The quantitative estimate of drug-likeness (QED) is 0.480. The van der Waals surface area contributed by atoms with Gasteiger partial charge in [-0.3, -0.25) is 10.1 Å². The Kier molecular flexibility index (Phi) is 2.28. The molecule has 3 rings (SSSR count). The number of aryl methyl sites for hydroxylation is 1. The van der Waals surface area contributed by atoms with Crippen LogP contribution < -0.4 is 0 Å². The molecule has 5 heteroatoms. The molecule has 0 saturated heterocycles. The van der Waals surface area contributed by atoms with Crippen LogP contribution in [-0.2, 0) is 0 Å². The van der Waals surface area contributed by atoms with Crippen LogP contribution in [0, 0.1) is 17.0 Å². The molecule has 0 unspecified atom stereocenters. The van der Waals surface area contributed by atoms with Crippen LogP contribution in [0.1, 0.15) is 5.56 Å². The average Bonchev–Trinajstić information content (AvgIpc) is 2.65. The topological polar surface area (TPSA) is 56.3 Å². The first-order chi connectivity index (χ1) is 8.56. The summed E-state index contributed by atoms with van der Waals surface area (Å²) in [5.41, 5.74) is 1.84. The second kappa shape index (κ2) is 3.71. The van der Waals surface area contributed by atoms with Gasteiger partial charge >= 0.3 is 5.69 Å². The van der Waals surface area contributed by atoms with Crippen LogP contribution in [0.25, 0.3) is 21.9 Å². The molecular weight excluding hydrogens is 254 g/mol. The lowest BCUT2D eigenvalue weighted by atomic mass is 10.1. The second-order valence-corrected chi connectivity index (χ2v) is 4.60. The van der Waals surface area contributed by atoms with E-state index in [-0.39, 0.29) is 11.3 Å². The predicted octanol–water partition coefficient (Wildman–Crippen LogP) is 4.46. The maximum atomic E-state index is 11.0. The van der Waals surface area contributed by atoms with E-state index in [4.69, 9.17) is 16.0 Å². The van der Waals surface area contributed by atoms with Gasteiger partial charge in [0.15, 0.2) is 0 Å². The van der Waals surface area contributed by atoms with Crippen molar-refractivity contribution in [2.45, 2.75) is 6.92 Å². The van der Waals surface area contributed by atoms with Gasteiger partial charge in [0, 0.05) is 21.9 Å². The molecule has 0 amide bonds. The molecule has 18 heavy (non-hydrogen) atoms. The van der Waals surface area contributed by atoms with E-state index in [1.807, 2.05) is 25.1 Å². The Hall–Kier alpha value is -2.07. The first kappa shape index (κ1) is 11.0. The fourth-order valence-corrected chi connectivity index (χ4v) is 2.28. The third kappa shape index (κ3) is 1.54. The Morgan fingerprint density at radius 1 is 1.22 bits per heavy atom. The molecule has 0 spiro atoms. The van der Waals surface area contributed by atoms with Crippen molar-refractivity contribution in [3.8, 4) is 0 Å². The maximum Gasteiger partial charge on any atom is 0.313 e. The van der Waals surface area contributed by atoms with Gasteiger partial charge in [0.2, 0.25) is 5.58 Å². The third-order valence-electron chi connectivity index (χ3n) is 2.87. The van der Waals surface area contributed by atoms with Crippen molar-refractivity contribution in [1.82, 2.24) is 0 Å². The van der Waals surface area contributed by atoms with Crippen molar-refractivity contribution in [2.24, 2.45) is 0 Å². The maximum absolute atomic E-state index is 11.0. The van der Waals surface area contributed by atoms with Gasteiger partial charge in [0.25, 0.3) is 0 Å². The van der Waals surface area contributed by atoms with Crippen molar-refractivity contribution in [2.75, 3.05) is 0 Å². The lowest BCUT2D eigenvalue weighted by Crippen LogP contribution is -1.87. The first-order valence-corrected chi connectivity index (χ1v) is 5.71. The van der Waals surface area contributed by atoms with Crippen molar-refractivity contribution < 1.29 is 9.34 Å². The molecule has 0 atom stereocenters. The highest BCUT2D eigenvalue weighted by Crippen LogP contribution is 2.37. The van der Waals surface area contributed by atoms with E-state index < -0.39 is 4.92 Å². The van der Waals surface area contributed by atoms with Gasteiger partial charge in [0.1, 0.15) is 5.58 Å². The van der Waals surface area contributed by atoms with E-state index in [0.29, 0.717) is 16.0 Å². The molecule has 0 saturated carbocycles. The monoisotopic (exact) mass is 261 g/mol. The zero-order valence-electron chi connectivity index (χ0n) is 9.44. The Morgan fingerprint density at radius 3 is 2.72 bits per heavy atom. The van der Waals surface area contributed by atoms with E-state index in [1.54, 1.807) is 6.07 Å². The number of nitro groups is 1. The smallest absolute Gasteiger partial charge is 0.313 e. The summed E-state index contributed by atoms with van der Waals surface area (Å²) in [5, 5.41) is 12.8. The van der Waals surface area contributed by atoms with Gasteiger partial charge in [0.05, 0.1) is 4.92 Å². The summed E-state index contributed by atoms with van der Waals surface area (Å²) in [4.78, 5) is 10.5. The van der Waals surface area contributed by atoms with Crippen LogP contribution in [0.15, 0.2) is 34.7 Å². The normalized spacial score (nSPS) is 11.2. The Morgan fingerprint density at radius 2 is 2.00 bits per heavy atom. The van der Waals surface area contributed by atoms with Crippen LogP contribution in [0.5, 0.6) is 0 Å². The summed E-state index contributed by atoms with van der Waals surface area (Å²) >= 11 is 5.91. The summed E-state index contributed by atoms with van der Waals surface area (Å²) in [6.07, 6.45) is 0. The van der Waals surface area contributed by atoms with E-state index in [2.05, 4.69) is 0 Å². The molecule has 0 radical (unpaired) electrons. The minimum Gasteiger partial charge on any atom is -0.449 e. The largest absolute Gasteiger partial charge is 0.449 e. The number of hydrogen-bond acceptors (Lipinski definition) is 3. The van der Waals surface area contributed by atoms with Crippen molar-refractivity contribution in [1.29, 1.82) is 0 Å². The Bertz CT molecular complexity index is 792. The Balaban J connectivity index is 2.52. The number of furan rings is 1. The molecule has 0 aliphatic rings. The lowest BCUT2D eigenvalue weighted by molar-refractivity contribution is -0.383. The van der Waals surface area contributed by atoms with Gasteiger partial charge in [-0.15, -0.1) is 0 Å².